The van der Waals surface area contributed by atoms with Crippen molar-refractivity contribution in [1.29, 1.82) is 0 Å². The molecule has 1 N–H and O–H groups in total. The number of rotatable bonds is 3. The average molecular weight is 289 g/mol. The number of nitrogens with one attached hydrogen (secondary N) is 1. The van der Waals surface area contributed by atoms with Crippen molar-refractivity contribution in [3.63, 3.8) is 0 Å². The Morgan fingerprint density at radius 3 is 2.25 bits per heavy atom. The molecular formula is C16H19NO2S. The molecule has 0 atom stereocenters. The quantitative estimate of drug-likeness (QED) is 0.914. The van der Waals surface area contributed by atoms with E-state index < -0.39 is 0 Å². The van der Waals surface area contributed by atoms with Gasteiger partial charge >= 0.3 is 0 Å². The second-order valence-electron chi connectivity index (χ2n) is 5.60. The summed E-state index contributed by atoms with van der Waals surface area (Å²) in [6.07, 6.45) is 0. The van der Waals surface area contributed by atoms with Gasteiger partial charge in [0.15, 0.2) is 0 Å². The van der Waals surface area contributed by atoms with E-state index in [1.807, 2.05) is 36.4 Å². The molecule has 3 nitrogen and oxygen atoms in total. The zero-order valence-electron chi connectivity index (χ0n) is 12.2. The molecule has 0 saturated heterocycles. The van der Waals surface area contributed by atoms with Crippen molar-refractivity contribution in [3.05, 3.63) is 46.2 Å². The van der Waals surface area contributed by atoms with E-state index in [4.69, 9.17) is 4.74 Å². The van der Waals surface area contributed by atoms with Crippen molar-refractivity contribution >= 4 is 22.9 Å². The molecule has 0 bridgehead atoms. The molecule has 0 spiro atoms. The smallest absolute Gasteiger partial charge is 0.265 e. The second-order valence-corrected chi connectivity index (χ2v) is 6.68. The Kier molecular flexibility index (Phi) is 4.14. The van der Waals surface area contributed by atoms with Crippen molar-refractivity contribution in [3.8, 4) is 5.75 Å². The van der Waals surface area contributed by atoms with Gasteiger partial charge in [0.1, 0.15) is 5.75 Å². The van der Waals surface area contributed by atoms with E-state index in [1.165, 1.54) is 16.2 Å². The van der Waals surface area contributed by atoms with Crippen LogP contribution in [-0.2, 0) is 5.41 Å². The van der Waals surface area contributed by atoms with Gasteiger partial charge in [-0.1, -0.05) is 20.8 Å². The molecule has 0 unspecified atom stereocenters. The van der Waals surface area contributed by atoms with E-state index in [0.717, 1.165) is 16.3 Å². The van der Waals surface area contributed by atoms with Crippen LogP contribution in [0.2, 0.25) is 0 Å². The number of amides is 1. The molecule has 1 aromatic heterocycles. The molecule has 2 aromatic rings. The fraction of sp³-hybridized carbons (Fsp3) is 0.312. The van der Waals surface area contributed by atoms with E-state index in [-0.39, 0.29) is 11.3 Å². The number of benzene rings is 1. The molecule has 1 heterocycles. The van der Waals surface area contributed by atoms with Gasteiger partial charge in [0.05, 0.1) is 12.0 Å². The SMILES string of the molecule is COc1ccc(NC(=O)c2ccc(C(C)(C)C)s2)cc1. The third-order valence-electron chi connectivity index (χ3n) is 2.92. The van der Waals surface area contributed by atoms with Gasteiger partial charge in [-0.25, -0.2) is 0 Å². The first-order valence-electron chi connectivity index (χ1n) is 6.46. The zero-order chi connectivity index (χ0) is 14.8. The van der Waals surface area contributed by atoms with Crippen molar-refractivity contribution in [2.45, 2.75) is 26.2 Å². The molecule has 106 valence electrons. The van der Waals surface area contributed by atoms with Crippen LogP contribution in [0.1, 0.15) is 35.3 Å². The lowest BCUT2D eigenvalue weighted by Gasteiger charge is -2.15. The van der Waals surface area contributed by atoms with Gasteiger partial charge in [0.2, 0.25) is 0 Å². The first kappa shape index (κ1) is 14.6. The van der Waals surface area contributed by atoms with Crippen molar-refractivity contribution in [2.24, 2.45) is 0 Å². The number of carbonyl (C=O) groups is 1. The second kappa shape index (κ2) is 5.67. The van der Waals surface area contributed by atoms with Crippen molar-refractivity contribution in [2.75, 3.05) is 12.4 Å². The van der Waals surface area contributed by atoms with Crippen LogP contribution in [0, 0.1) is 0 Å². The molecule has 4 heteroatoms. The summed E-state index contributed by atoms with van der Waals surface area (Å²) in [7, 11) is 1.62. The van der Waals surface area contributed by atoms with E-state index >= 15 is 0 Å². The number of anilines is 1. The number of hydrogen-bond donors (Lipinski definition) is 1. The summed E-state index contributed by atoms with van der Waals surface area (Å²) in [4.78, 5) is 14.1. The number of thiophene rings is 1. The Morgan fingerprint density at radius 2 is 1.75 bits per heavy atom. The first-order valence-corrected chi connectivity index (χ1v) is 7.27. The number of carbonyl (C=O) groups excluding carboxylic acids is 1. The molecule has 20 heavy (non-hydrogen) atoms. The van der Waals surface area contributed by atoms with Gasteiger partial charge in [0, 0.05) is 10.6 Å². The Labute approximate surface area is 123 Å². The van der Waals surface area contributed by atoms with Crippen LogP contribution in [0.25, 0.3) is 0 Å². The first-order chi connectivity index (χ1) is 9.40. The molecule has 0 aliphatic rings. The van der Waals surface area contributed by atoms with E-state index in [2.05, 4.69) is 26.1 Å². The van der Waals surface area contributed by atoms with Crippen LogP contribution < -0.4 is 10.1 Å². The van der Waals surface area contributed by atoms with E-state index in [0.29, 0.717) is 0 Å². The molecule has 1 amide bonds. The van der Waals surface area contributed by atoms with Gasteiger partial charge < -0.3 is 10.1 Å². The normalized spacial score (nSPS) is 11.2. The topological polar surface area (TPSA) is 38.3 Å². The van der Waals surface area contributed by atoms with Crippen LogP contribution in [0.4, 0.5) is 5.69 Å². The van der Waals surface area contributed by atoms with Crippen molar-refractivity contribution in [1.82, 2.24) is 0 Å². The van der Waals surface area contributed by atoms with Gasteiger partial charge in [-0.3, -0.25) is 4.79 Å². The maximum atomic E-state index is 12.2. The largest absolute Gasteiger partial charge is 0.497 e. The standard InChI is InChI=1S/C16H19NO2S/c1-16(2,3)14-10-9-13(20-14)15(18)17-11-5-7-12(19-4)8-6-11/h5-10H,1-4H3,(H,17,18). The van der Waals surface area contributed by atoms with E-state index in [1.54, 1.807) is 7.11 Å². The van der Waals surface area contributed by atoms with Crippen LogP contribution in [-0.4, -0.2) is 13.0 Å². The van der Waals surface area contributed by atoms with Gasteiger partial charge in [-0.15, -0.1) is 11.3 Å². The summed E-state index contributed by atoms with van der Waals surface area (Å²) in [5.41, 5.74) is 0.838. The summed E-state index contributed by atoms with van der Waals surface area (Å²) in [5.74, 6) is 0.699. The highest BCUT2D eigenvalue weighted by molar-refractivity contribution is 7.14. The monoisotopic (exact) mass is 289 g/mol. The minimum Gasteiger partial charge on any atom is -0.497 e. The maximum absolute atomic E-state index is 12.2. The lowest BCUT2D eigenvalue weighted by Crippen LogP contribution is -2.10. The summed E-state index contributed by atoms with van der Waals surface area (Å²) in [5, 5.41) is 2.89. The molecule has 0 fully saturated rings. The maximum Gasteiger partial charge on any atom is 0.265 e. The number of methoxy groups -OCH3 is 1. The fourth-order valence-electron chi connectivity index (χ4n) is 1.73. The van der Waals surface area contributed by atoms with Crippen molar-refractivity contribution < 1.29 is 9.53 Å². The molecule has 1 aromatic carbocycles. The number of ether oxygens (including phenoxy) is 1. The fourth-order valence-corrected chi connectivity index (χ4v) is 2.69. The predicted molar refractivity (Wildman–Crippen MR) is 84.0 cm³/mol. The summed E-state index contributed by atoms with van der Waals surface area (Å²) < 4.78 is 5.09. The van der Waals surface area contributed by atoms with Crippen LogP contribution in [0.5, 0.6) is 5.75 Å². The molecule has 0 aliphatic carbocycles. The Bertz CT molecular complexity index is 594. The lowest BCUT2D eigenvalue weighted by molar-refractivity contribution is 0.103. The molecule has 0 saturated carbocycles. The Balaban J connectivity index is 2.09. The third kappa shape index (κ3) is 3.39. The molecule has 0 radical (unpaired) electrons. The Hall–Kier alpha value is -1.81. The van der Waals surface area contributed by atoms with Crippen LogP contribution >= 0.6 is 11.3 Å². The summed E-state index contributed by atoms with van der Waals surface area (Å²) >= 11 is 1.54. The summed E-state index contributed by atoms with van der Waals surface area (Å²) in [6.45, 7) is 6.43. The van der Waals surface area contributed by atoms with Crippen LogP contribution in [0.3, 0.4) is 0 Å². The zero-order valence-corrected chi connectivity index (χ0v) is 13.0. The number of hydrogen-bond acceptors (Lipinski definition) is 3. The average Bonchev–Trinajstić information content (AvgIpc) is 2.89. The molecule has 0 aliphatic heterocycles. The Morgan fingerprint density at radius 1 is 1.10 bits per heavy atom. The van der Waals surface area contributed by atoms with Gasteiger partial charge in [-0.2, -0.15) is 0 Å². The molecular weight excluding hydrogens is 270 g/mol. The minimum absolute atomic E-state index is 0.0727. The van der Waals surface area contributed by atoms with E-state index in [9.17, 15) is 4.79 Å². The predicted octanol–water partition coefficient (Wildman–Crippen LogP) is 4.31. The lowest BCUT2D eigenvalue weighted by atomic mass is 9.95. The van der Waals surface area contributed by atoms with Crippen LogP contribution in [0.15, 0.2) is 36.4 Å². The molecule has 2 rings (SSSR count). The highest BCUT2D eigenvalue weighted by Crippen LogP contribution is 2.29. The van der Waals surface area contributed by atoms with Gasteiger partial charge in [0.25, 0.3) is 5.91 Å². The minimum atomic E-state index is -0.0735. The highest BCUT2D eigenvalue weighted by atomic mass is 32.1. The highest BCUT2D eigenvalue weighted by Gasteiger charge is 2.18. The van der Waals surface area contributed by atoms with Gasteiger partial charge in [-0.05, 0) is 41.8 Å². The third-order valence-corrected chi connectivity index (χ3v) is 4.43. The summed E-state index contributed by atoms with van der Waals surface area (Å²) in [6, 6.07) is 11.2.